The van der Waals surface area contributed by atoms with E-state index in [1.54, 1.807) is 13.0 Å². The molecule has 0 aliphatic heterocycles. The SMILES string of the molecule is C=CCCOC(C)C(=O)Oc1ccc([N+](=O)[O-])cc1. The monoisotopic (exact) mass is 265 g/mol. The van der Waals surface area contributed by atoms with Crippen LogP contribution < -0.4 is 4.74 Å². The minimum atomic E-state index is -0.699. The van der Waals surface area contributed by atoms with Crippen LogP contribution in [-0.4, -0.2) is 23.6 Å². The molecule has 102 valence electrons. The number of carbonyl (C=O) groups excluding carboxylic acids is 1. The van der Waals surface area contributed by atoms with Crippen molar-refractivity contribution < 1.29 is 19.2 Å². The number of hydrogen-bond donors (Lipinski definition) is 0. The number of nitrogens with zero attached hydrogens (tertiary/aromatic N) is 1. The van der Waals surface area contributed by atoms with Gasteiger partial charge in [-0.2, -0.15) is 0 Å². The predicted molar refractivity (Wildman–Crippen MR) is 69.0 cm³/mol. The third-order valence-corrected chi connectivity index (χ3v) is 2.29. The van der Waals surface area contributed by atoms with Crippen molar-refractivity contribution >= 4 is 11.7 Å². The molecule has 0 fully saturated rings. The molecule has 0 aromatic heterocycles. The van der Waals surface area contributed by atoms with Crippen LogP contribution in [0.5, 0.6) is 5.75 Å². The maximum absolute atomic E-state index is 11.6. The van der Waals surface area contributed by atoms with Crippen molar-refractivity contribution in [3.63, 3.8) is 0 Å². The van der Waals surface area contributed by atoms with Gasteiger partial charge in [-0.05, 0) is 25.5 Å². The van der Waals surface area contributed by atoms with E-state index in [1.165, 1.54) is 24.3 Å². The Balaban J connectivity index is 2.51. The number of esters is 1. The third-order valence-electron chi connectivity index (χ3n) is 2.29. The Hall–Kier alpha value is -2.21. The lowest BCUT2D eigenvalue weighted by molar-refractivity contribution is -0.384. The third kappa shape index (κ3) is 4.89. The lowest BCUT2D eigenvalue weighted by Crippen LogP contribution is -2.26. The summed E-state index contributed by atoms with van der Waals surface area (Å²) in [6.45, 7) is 5.51. The van der Waals surface area contributed by atoms with E-state index in [-0.39, 0.29) is 11.4 Å². The van der Waals surface area contributed by atoms with Crippen LogP contribution >= 0.6 is 0 Å². The molecule has 1 rings (SSSR count). The second-order valence-corrected chi connectivity index (χ2v) is 3.76. The number of nitro benzene ring substituents is 1. The van der Waals surface area contributed by atoms with Crippen LogP contribution in [0.4, 0.5) is 5.69 Å². The van der Waals surface area contributed by atoms with Crippen molar-refractivity contribution in [2.45, 2.75) is 19.4 Å². The molecule has 0 bridgehead atoms. The largest absolute Gasteiger partial charge is 0.425 e. The molecule has 6 nitrogen and oxygen atoms in total. The molecule has 0 heterocycles. The molecule has 0 radical (unpaired) electrons. The Kier molecular flexibility index (Phi) is 5.69. The van der Waals surface area contributed by atoms with E-state index in [0.29, 0.717) is 13.0 Å². The Labute approximate surface area is 110 Å². The summed E-state index contributed by atoms with van der Waals surface area (Å²) < 4.78 is 10.3. The van der Waals surface area contributed by atoms with E-state index in [1.807, 2.05) is 0 Å². The molecule has 0 N–H and O–H groups in total. The van der Waals surface area contributed by atoms with Gasteiger partial charge >= 0.3 is 5.97 Å². The molecule has 0 amide bonds. The first-order valence-corrected chi connectivity index (χ1v) is 5.73. The highest BCUT2D eigenvalue weighted by atomic mass is 16.6. The van der Waals surface area contributed by atoms with Gasteiger partial charge in [-0.3, -0.25) is 10.1 Å². The average molecular weight is 265 g/mol. The lowest BCUT2D eigenvalue weighted by atomic mass is 10.3. The first kappa shape index (κ1) is 14.8. The molecule has 19 heavy (non-hydrogen) atoms. The number of rotatable bonds is 7. The minimum absolute atomic E-state index is 0.0601. The second kappa shape index (κ2) is 7.27. The van der Waals surface area contributed by atoms with Gasteiger partial charge in [0.15, 0.2) is 6.10 Å². The molecule has 6 heteroatoms. The van der Waals surface area contributed by atoms with Crippen molar-refractivity contribution in [2.75, 3.05) is 6.61 Å². The summed E-state index contributed by atoms with van der Waals surface area (Å²) in [6, 6.07) is 5.27. The Morgan fingerprint density at radius 2 is 2.11 bits per heavy atom. The first-order chi connectivity index (χ1) is 9.04. The standard InChI is InChI=1S/C13H15NO5/c1-3-4-9-18-10(2)13(15)19-12-7-5-11(6-8-12)14(16)17/h3,5-8,10H,1,4,9H2,2H3. The van der Waals surface area contributed by atoms with E-state index in [4.69, 9.17) is 9.47 Å². The fourth-order valence-electron chi connectivity index (χ4n) is 1.23. The van der Waals surface area contributed by atoms with Crippen molar-refractivity contribution in [1.82, 2.24) is 0 Å². The average Bonchev–Trinajstić information content (AvgIpc) is 2.39. The van der Waals surface area contributed by atoms with Crippen molar-refractivity contribution in [3.8, 4) is 5.75 Å². The van der Waals surface area contributed by atoms with Gasteiger partial charge in [0.25, 0.3) is 5.69 Å². The summed E-state index contributed by atoms with van der Waals surface area (Å²) in [5.41, 5.74) is -0.0601. The molecule has 1 atom stereocenters. The van der Waals surface area contributed by atoms with Gasteiger partial charge in [0.05, 0.1) is 11.5 Å². The zero-order valence-corrected chi connectivity index (χ0v) is 10.6. The highest BCUT2D eigenvalue weighted by molar-refractivity contribution is 5.76. The summed E-state index contributed by atoms with van der Waals surface area (Å²) in [7, 11) is 0. The zero-order valence-electron chi connectivity index (χ0n) is 10.6. The van der Waals surface area contributed by atoms with Gasteiger partial charge in [0.1, 0.15) is 5.75 Å². The van der Waals surface area contributed by atoms with Crippen LogP contribution in [0.25, 0.3) is 0 Å². The van der Waals surface area contributed by atoms with E-state index in [0.717, 1.165) is 0 Å². The summed E-state index contributed by atoms with van der Waals surface area (Å²) in [5, 5.41) is 10.5. The van der Waals surface area contributed by atoms with Crippen LogP contribution in [0, 0.1) is 10.1 Å². The number of nitro groups is 1. The summed E-state index contributed by atoms with van der Waals surface area (Å²) in [4.78, 5) is 21.6. The van der Waals surface area contributed by atoms with Gasteiger partial charge in [0, 0.05) is 12.1 Å². The lowest BCUT2D eigenvalue weighted by Gasteiger charge is -2.11. The van der Waals surface area contributed by atoms with Gasteiger partial charge < -0.3 is 9.47 Å². The minimum Gasteiger partial charge on any atom is -0.425 e. The molecule has 1 aromatic rings. The molecular weight excluding hydrogens is 250 g/mol. The van der Waals surface area contributed by atoms with E-state index in [9.17, 15) is 14.9 Å². The normalized spacial score (nSPS) is 11.6. The number of benzene rings is 1. The van der Waals surface area contributed by atoms with Crippen LogP contribution in [0.1, 0.15) is 13.3 Å². The number of ether oxygens (including phenoxy) is 2. The molecule has 0 saturated carbocycles. The topological polar surface area (TPSA) is 78.7 Å². The number of carbonyl (C=O) groups is 1. The van der Waals surface area contributed by atoms with Gasteiger partial charge in [-0.25, -0.2) is 4.79 Å². The van der Waals surface area contributed by atoms with Crippen LogP contribution in [0.2, 0.25) is 0 Å². The number of hydrogen-bond acceptors (Lipinski definition) is 5. The molecule has 1 aromatic carbocycles. The zero-order chi connectivity index (χ0) is 14.3. The number of non-ortho nitro benzene ring substituents is 1. The predicted octanol–water partition coefficient (Wildman–Crippen LogP) is 2.48. The Bertz CT molecular complexity index is 455. The summed E-state index contributed by atoms with van der Waals surface area (Å²) in [5.74, 6) is -0.298. The van der Waals surface area contributed by atoms with Crippen molar-refractivity contribution in [3.05, 3.63) is 47.0 Å². The molecule has 0 saturated heterocycles. The highest BCUT2D eigenvalue weighted by Gasteiger charge is 2.16. The Morgan fingerprint density at radius 3 is 2.63 bits per heavy atom. The smallest absolute Gasteiger partial charge is 0.340 e. The maximum Gasteiger partial charge on any atom is 0.340 e. The first-order valence-electron chi connectivity index (χ1n) is 5.73. The molecule has 0 spiro atoms. The molecule has 1 unspecified atom stereocenters. The van der Waals surface area contributed by atoms with Crippen molar-refractivity contribution in [1.29, 1.82) is 0 Å². The fourth-order valence-corrected chi connectivity index (χ4v) is 1.23. The fraction of sp³-hybridized carbons (Fsp3) is 0.308. The second-order valence-electron chi connectivity index (χ2n) is 3.76. The summed E-state index contributed by atoms with van der Waals surface area (Å²) in [6.07, 6.45) is 1.64. The quantitative estimate of drug-likeness (QED) is 0.189. The molecule has 0 aliphatic carbocycles. The molecular formula is C13H15NO5. The van der Waals surface area contributed by atoms with Crippen molar-refractivity contribution in [2.24, 2.45) is 0 Å². The van der Waals surface area contributed by atoms with E-state index in [2.05, 4.69) is 6.58 Å². The highest BCUT2D eigenvalue weighted by Crippen LogP contribution is 2.17. The van der Waals surface area contributed by atoms with E-state index >= 15 is 0 Å². The van der Waals surface area contributed by atoms with Crippen LogP contribution in [0.15, 0.2) is 36.9 Å². The molecule has 0 aliphatic rings. The van der Waals surface area contributed by atoms with E-state index < -0.39 is 17.0 Å². The maximum atomic E-state index is 11.6. The van der Waals surface area contributed by atoms with Gasteiger partial charge in [0.2, 0.25) is 0 Å². The van der Waals surface area contributed by atoms with Crippen LogP contribution in [-0.2, 0) is 9.53 Å². The summed E-state index contributed by atoms with van der Waals surface area (Å²) >= 11 is 0. The Morgan fingerprint density at radius 1 is 1.47 bits per heavy atom. The van der Waals surface area contributed by atoms with Gasteiger partial charge in [-0.1, -0.05) is 6.08 Å². The van der Waals surface area contributed by atoms with Gasteiger partial charge in [-0.15, -0.1) is 6.58 Å². The van der Waals surface area contributed by atoms with Crippen LogP contribution in [0.3, 0.4) is 0 Å².